The molecule has 7 heteroatoms. The summed E-state index contributed by atoms with van der Waals surface area (Å²) >= 11 is 0. The summed E-state index contributed by atoms with van der Waals surface area (Å²) in [5.41, 5.74) is 0. The fourth-order valence-corrected chi connectivity index (χ4v) is 1.36. The van der Waals surface area contributed by atoms with Gasteiger partial charge in [-0.25, -0.2) is 13.6 Å². The van der Waals surface area contributed by atoms with E-state index in [1.165, 1.54) is 6.08 Å². The maximum Gasteiger partial charge on any atom is 0.326 e. The number of amides is 1. The Balaban J connectivity index is 2.54. The van der Waals surface area contributed by atoms with E-state index in [1.807, 2.05) is 0 Å². The van der Waals surface area contributed by atoms with Crippen LogP contribution in [0, 0.1) is 11.6 Å². The second-order valence-corrected chi connectivity index (χ2v) is 3.85. The molecule has 2 N–H and O–H groups in total. The van der Waals surface area contributed by atoms with Gasteiger partial charge in [0.25, 0.3) is 5.91 Å². The van der Waals surface area contributed by atoms with Crippen LogP contribution in [0.2, 0.25) is 0 Å². The van der Waals surface area contributed by atoms with Crippen molar-refractivity contribution in [3.8, 4) is 5.75 Å². The molecule has 0 bridgehead atoms. The van der Waals surface area contributed by atoms with E-state index in [0.717, 1.165) is 12.1 Å². The second-order valence-electron chi connectivity index (χ2n) is 3.85. The molecular weight excluding hydrogens is 272 g/mol. The van der Waals surface area contributed by atoms with Crippen molar-refractivity contribution < 1.29 is 28.2 Å². The van der Waals surface area contributed by atoms with E-state index in [1.54, 1.807) is 0 Å². The number of carboxylic acids is 1. The smallest absolute Gasteiger partial charge is 0.326 e. The van der Waals surface area contributed by atoms with Gasteiger partial charge >= 0.3 is 5.97 Å². The predicted molar refractivity (Wildman–Crippen MR) is 66.2 cm³/mol. The lowest BCUT2D eigenvalue weighted by atomic mass is 10.2. The van der Waals surface area contributed by atoms with Gasteiger partial charge in [-0.2, -0.15) is 0 Å². The third-order valence-corrected chi connectivity index (χ3v) is 2.29. The van der Waals surface area contributed by atoms with Gasteiger partial charge in [-0.05, 0) is 18.6 Å². The molecule has 20 heavy (non-hydrogen) atoms. The first-order valence-electron chi connectivity index (χ1n) is 5.65. The topological polar surface area (TPSA) is 75.6 Å². The number of carbonyl (C=O) groups is 2. The molecule has 0 aliphatic heterocycles. The van der Waals surface area contributed by atoms with E-state index in [4.69, 9.17) is 9.84 Å². The Morgan fingerprint density at radius 1 is 1.45 bits per heavy atom. The molecule has 108 valence electrons. The quantitative estimate of drug-likeness (QED) is 0.744. The van der Waals surface area contributed by atoms with Gasteiger partial charge in [-0.1, -0.05) is 6.08 Å². The van der Waals surface area contributed by atoms with Gasteiger partial charge in [0.2, 0.25) is 0 Å². The van der Waals surface area contributed by atoms with E-state index in [9.17, 15) is 18.4 Å². The number of nitrogens with one attached hydrogen (secondary N) is 1. The van der Waals surface area contributed by atoms with Crippen molar-refractivity contribution in [3.63, 3.8) is 0 Å². The zero-order chi connectivity index (χ0) is 15.1. The van der Waals surface area contributed by atoms with Gasteiger partial charge in [0.1, 0.15) is 11.9 Å². The van der Waals surface area contributed by atoms with Gasteiger partial charge in [0.05, 0.1) is 0 Å². The first-order chi connectivity index (χ1) is 9.43. The van der Waals surface area contributed by atoms with E-state index in [0.29, 0.717) is 6.07 Å². The van der Waals surface area contributed by atoms with Crippen molar-refractivity contribution in [3.05, 3.63) is 42.5 Å². The summed E-state index contributed by atoms with van der Waals surface area (Å²) in [6.07, 6.45) is 1.39. The normalized spacial score (nSPS) is 11.5. The second kappa shape index (κ2) is 7.22. The van der Waals surface area contributed by atoms with E-state index >= 15 is 0 Å². The number of hydrogen-bond donors (Lipinski definition) is 2. The van der Waals surface area contributed by atoms with E-state index < -0.39 is 36.2 Å². The van der Waals surface area contributed by atoms with Crippen LogP contribution in [0.4, 0.5) is 8.78 Å². The molecule has 5 nitrogen and oxygen atoms in total. The van der Waals surface area contributed by atoms with Crippen molar-refractivity contribution in [2.45, 2.75) is 12.5 Å². The Hall–Kier alpha value is -2.44. The monoisotopic (exact) mass is 285 g/mol. The number of carboxylic acid groups (broad SMARTS) is 1. The summed E-state index contributed by atoms with van der Waals surface area (Å²) in [7, 11) is 0. The van der Waals surface area contributed by atoms with E-state index in [-0.39, 0.29) is 12.2 Å². The molecule has 0 spiro atoms. The summed E-state index contributed by atoms with van der Waals surface area (Å²) in [5, 5.41) is 11.0. The minimum Gasteiger partial charge on any atom is -0.481 e. The molecule has 1 aromatic carbocycles. The van der Waals surface area contributed by atoms with Gasteiger partial charge in [0.15, 0.2) is 18.2 Å². The Kier molecular flexibility index (Phi) is 5.64. The predicted octanol–water partition coefficient (Wildman–Crippen LogP) is 1.49. The van der Waals surface area contributed by atoms with Crippen LogP contribution in [0.5, 0.6) is 5.75 Å². The number of rotatable bonds is 7. The summed E-state index contributed by atoms with van der Waals surface area (Å²) < 4.78 is 30.7. The number of halogens is 2. The molecule has 1 amide bonds. The van der Waals surface area contributed by atoms with E-state index in [2.05, 4.69) is 11.9 Å². The highest BCUT2D eigenvalue weighted by Crippen LogP contribution is 2.17. The Labute approximate surface area is 113 Å². The molecule has 1 atom stereocenters. The first kappa shape index (κ1) is 15.6. The largest absolute Gasteiger partial charge is 0.481 e. The number of hydrogen-bond acceptors (Lipinski definition) is 3. The van der Waals surface area contributed by atoms with Crippen molar-refractivity contribution in [1.29, 1.82) is 0 Å². The van der Waals surface area contributed by atoms with Gasteiger partial charge in [-0.3, -0.25) is 4.79 Å². The number of benzene rings is 1. The van der Waals surface area contributed by atoms with Crippen molar-refractivity contribution in [1.82, 2.24) is 5.32 Å². The lowest BCUT2D eigenvalue weighted by Gasteiger charge is -2.13. The molecule has 0 heterocycles. The number of carbonyl (C=O) groups excluding carboxylic acids is 1. The lowest BCUT2D eigenvalue weighted by molar-refractivity contribution is -0.142. The zero-order valence-electron chi connectivity index (χ0n) is 10.4. The molecule has 1 rings (SSSR count). The van der Waals surface area contributed by atoms with Crippen LogP contribution in [-0.4, -0.2) is 29.6 Å². The van der Waals surface area contributed by atoms with Crippen molar-refractivity contribution >= 4 is 11.9 Å². The number of ether oxygens (including phenoxy) is 1. The fraction of sp³-hybridized carbons (Fsp3) is 0.231. The fourth-order valence-electron chi connectivity index (χ4n) is 1.36. The van der Waals surface area contributed by atoms with Crippen LogP contribution in [-0.2, 0) is 9.59 Å². The van der Waals surface area contributed by atoms with Crippen LogP contribution in [0.25, 0.3) is 0 Å². The standard InChI is InChI=1S/C13H13F2NO4/c1-2-3-10(13(18)19)16-12(17)7-20-11-5-4-8(14)6-9(11)15/h2,4-6,10H,1,3,7H2,(H,16,17)(H,18,19). The Morgan fingerprint density at radius 2 is 2.15 bits per heavy atom. The molecule has 0 radical (unpaired) electrons. The van der Waals surface area contributed by atoms with Crippen LogP contribution in [0.15, 0.2) is 30.9 Å². The highest BCUT2D eigenvalue weighted by molar-refractivity contribution is 5.84. The Bertz CT molecular complexity index is 519. The highest BCUT2D eigenvalue weighted by atomic mass is 19.1. The Morgan fingerprint density at radius 3 is 2.70 bits per heavy atom. The first-order valence-corrected chi connectivity index (χ1v) is 5.65. The summed E-state index contributed by atoms with van der Waals surface area (Å²) in [6, 6.07) is 1.51. The minimum absolute atomic E-state index is 0.0476. The summed E-state index contributed by atoms with van der Waals surface area (Å²) in [6.45, 7) is 2.79. The average molecular weight is 285 g/mol. The third kappa shape index (κ3) is 4.68. The van der Waals surface area contributed by atoms with Gasteiger partial charge in [0, 0.05) is 6.07 Å². The highest BCUT2D eigenvalue weighted by Gasteiger charge is 2.18. The SMILES string of the molecule is C=CCC(NC(=O)COc1ccc(F)cc1F)C(=O)O. The number of aliphatic carboxylic acids is 1. The van der Waals surface area contributed by atoms with Gasteiger partial charge < -0.3 is 15.2 Å². The molecule has 0 aromatic heterocycles. The van der Waals surface area contributed by atoms with Gasteiger partial charge in [-0.15, -0.1) is 6.58 Å². The van der Waals surface area contributed by atoms with Crippen LogP contribution < -0.4 is 10.1 Å². The van der Waals surface area contributed by atoms with Crippen LogP contribution in [0.3, 0.4) is 0 Å². The van der Waals surface area contributed by atoms with Crippen LogP contribution >= 0.6 is 0 Å². The van der Waals surface area contributed by atoms with Crippen LogP contribution in [0.1, 0.15) is 6.42 Å². The maximum atomic E-state index is 13.2. The van der Waals surface area contributed by atoms with Crippen molar-refractivity contribution in [2.75, 3.05) is 6.61 Å². The molecule has 0 fully saturated rings. The molecule has 1 unspecified atom stereocenters. The average Bonchev–Trinajstić information content (AvgIpc) is 2.37. The molecular formula is C13H13F2NO4. The molecule has 0 saturated carbocycles. The third-order valence-electron chi connectivity index (χ3n) is 2.29. The summed E-state index contributed by atoms with van der Waals surface area (Å²) in [4.78, 5) is 22.2. The molecule has 0 aliphatic rings. The lowest BCUT2D eigenvalue weighted by Crippen LogP contribution is -2.42. The van der Waals surface area contributed by atoms with Crippen molar-refractivity contribution in [2.24, 2.45) is 0 Å². The zero-order valence-corrected chi connectivity index (χ0v) is 10.4. The minimum atomic E-state index is -1.22. The summed E-state index contributed by atoms with van der Waals surface area (Å²) in [5.74, 6) is -3.96. The molecule has 0 aliphatic carbocycles. The maximum absolute atomic E-state index is 13.2. The molecule has 0 saturated heterocycles. The molecule has 1 aromatic rings.